The van der Waals surface area contributed by atoms with E-state index in [1.807, 2.05) is 6.07 Å². The molecule has 26 heavy (non-hydrogen) atoms. The first-order valence-electron chi connectivity index (χ1n) is 9.94. The fraction of sp³-hybridized carbons (Fsp3) is 0.609. The number of aromatic amines is 1. The number of aryl methyl sites for hydroxylation is 3. The number of likely N-dealkylation sites (tertiary alicyclic amines) is 1. The molecule has 2 unspecified atom stereocenters. The zero-order valence-electron chi connectivity index (χ0n) is 17.1. The molecule has 2 aliphatic rings. The number of nitrogens with zero attached hydrogens (tertiary/aromatic N) is 1. The minimum atomic E-state index is 0.217. The number of benzene rings is 1. The summed E-state index contributed by atoms with van der Waals surface area (Å²) < 4.78 is 0. The second-order valence-corrected chi connectivity index (χ2v) is 10.2. The third-order valence-corrected chi connectivity index (χ3v) is 6.65. The van der Waals surface area contributed by atoms with Gasteiger partial charge in [-0.15, -0.1) is 0 Å². The van der Waals surface area contributed by atoms with Gasteiger partial charge in [-0.05, 0) is 68.1 Å². The van der Waals surface area contributed by atoms with E-state index in [-0.39, 0.29) is 5.43 Å². The molecule has 0 amide bonds. The van der Waals surface area contributed by atoms with Gasteiger partial charge in [-0.1, -0.05) is 26.8 Å². The lowest BCUT2D eigenvalue weighted by Gasteiger charge is -2.40. The molecule has 1 aromatic heterocycles. The Hall–Kier alpha value is -1.61. The van der Waals surface area contributed by atoms with E-state index in [0.29, 0.717) is 16.9 Å². The minimum absolute atomic E-state index is 0.217. The van der Waals surface area contributed by atoms with E-state index in [9.17, 15) is 4.79 Å². The van der Waals surface area contributed by atoms with Gasteiger partial charge in [0.2, 0.25) is 0 Å². The molecule has 1 saturated heterocycles. The van der Waals surface area contributed by atoms with Crippen LogP contribution in [0.2, 0.25) is 0 Å². The number of H-pyrrole nitrogens is 1. The molecule has 1 aromatic carbocycles. The fourth-order valence-electron chi connectivity index (χ4n) is 6.06. The Balaban J connectivity index is 1.74. The molecule has 3 heteroatoms. The predicted octanol–water partition coefficient (Wildman–Crippen LogP) is 4.85. The first-order chi connectivity index (χ1) is 12.1. The molecule has 2 aromatic rings. The highest BCUT2D eigenvalue weighted by Crippen LogP contribution is 2.52. The third-order valence-electron chi connectivity index (χ3n) is 6.65. The van der Waals surface area contributed by atoms with E-state index in [0.717, 1.165) is 46.4 Å². The van der Waals surface area contributed by atoms with Crippen molar-refractivity contribution in [3.63, 3.8) is 0 Å². The van der Waals surface area contributed by atoms with Gasteiger partial charge >= 0.3 is 0 Å². The largest absolute Gasteiger partial charge is 0.358 e. The highest BCUT2D eigenvalue weighted by atomic mass is 16.1. The highest BCUT2D eigenvalue weighted by molar-refractivity contribution is 5.83. The maximum atomic E-state index is 13.3. The summed E-state index contributed by atoms with van der Waals surface area (Å²) in [6, 6.07) is 4.79. The second-order valence-electron chi connectivity index (χ2n) is 10.2. The molecule has 4 rings (SSSR count). The van der Waals surface area contributed by atoms with Gasteiger partial charge in [-0.3, -0.25) is 9.69 Å². The van der Waals surface area contributed by atoms with Gasteiger partial charge in [0, 0.05) is 35.8 Å². The SMILES string of the molecule is Cc1cc(C)c2[nH]c(C)c(CN3CC4(C)CC3CC(C)(C)C4)c(=O)c2c1. The van der Waals surface area contributed by atoms with Crippen LogP contribution in [0.25, 0.3) is 10.9 Å². The summed E-state index contributed by atoms with van der Waals surface area (Å²) >= 11 is 0. The van der Waals surface area contributed by atoms with Crippen LogP contribution in [0.1, 0.15) is 62.4 Å². The summed E-state index contributed by atoms with van der Waals surface area (Å²) in [7, 11) is 0. The first-order valence-corrected chi connectivity index (χ1v) is 9.94. The molecule has 1 aliphatic heterocycles. The van der Waals surface area contributed by atoms with Crippen LogP contribution in [0, 0.1) is 31.6 Å². The number of hydrogen-bond donors (Lipinski definition) is 1. The van der Waals surface area contributed by atoms with E-state index >= 15 is 0 Å². The maximum absolute atomic E-state index is 13.3. The highest BCUT2D eigenvalue weighted by Gasteiger charge is 2.49. The molecule has 3 nitrogen and oxygen atoms in total. The fourth-order valence-corrected chi connectivity index (χ4v) is 6.06. The van der Waals surface area contributed by atoms with Gasteiger partial charge < -0.3 is 4.98 Å². The molecule has 2 heterocycles. The number of rotatable bonds is 2. The van der Waals surface area contributed by atoms with Crippen LogP contribution in [0.5, 0.6) is 0 Å². The van der Waals surface area contributed by atoms with Crippen molar-refractivity contribution in [3.05, 3.63) is 44.7 Å². The smallest absolute Gasteiger partial charge is 0.194 e. The van der Waals surface area contributed by atoms with Crippen molar-refractivity contribution in [1.29, 1.82) is 0 Å². The van der Waals surface area contributed by atoms with Crippen LogP contribution in [0.4, 0.5) is 0 Å². The molecule has 1 aliphatic carbocycles. The molecule has 2 atom stereocenters. The predicted molar refractivity (Wildman–Crippen MR) is 109 cm³/mol. The van der Waals surface area contributed by atoms with E-state index in [2.05, 4.69) is 57.5 Å². The Bertz CT molecular complexity index is 939. The first kappa shape index (κ1) is 17.8. The van der Waals surface area contributed by atoms with E-state index < -0.39 is 0 Å². The van der Waals surface area contributed by atoms with Crippen LogP contribution >= 0.6 is 0 Å². The Morgan fingerprint density at radius 1 is 1.15 bits per heavy atom. The number of nitrogens with one attached hydrogen (secondary N) is 1. The summed E-state index contributed by atoms with van der Waals surface area (Å²) in [6.45, 7) is 15.3. The van der Waals surface area contributed by atoms with Crippen molar-refractivity contribution >= 4 is 10.9 Å². The zero-order valence-corrected chi connectivity index (χ0v) is 17.1. The Kier molecular flexibility index (Phi) is 3.89. The topological polar surface area (TPSA) is 36.1 Å². The normalized spacial score (nSPS) is 28.0. The Labute approximate surface area is 156 Å². The van der Waals surface area contributed by atoms with Gasteiger partial charge in [0.25, 0.3) is 0 Å². The summed E-state index contributed by atoms with van der Waals surface area (Å²) in [6.07, 6.45) is 3.81. The van der Waals surface area contributed by atoms with Crippen molar-refractivity contribution in [2.45, 2.75) is 73.4 Å². The lowest BCUT2D eigenvalue weighted by molar-refractivity contribution is 0.126. The third kappa shape index (κ3) is 2.90. The van der Waals surface area contributed by atoms with Crippen molar-refractivity contribution in [1.82, 2.24) is 9.88 Å². The van der Waals surface area contributed by atoms with Crippen LogP contribution in [-0.2, 0) is 6.54 Å². The van der Waals surface area contributed by atoms with E-state index in [1.54, 1.807) is 0 Å². The monoisotopic (exact) mass is 352 g/mol. The lowest BCUT2D eigenvalue weighted by atomic mass is 9.65. The second kappa shape index (κ2) is 5.69. The summed E-state index contributed by atoms with van der Waals surface area (Å²) in [4.78, 5) is 19.4. The van der Waals surface area contributed by atoms with Gasteiger partial charge in [0.15, 0.2) is 5.43 Å². The Morgan fingerprint density at radius 2 is 1.88 bits per heavy atom. The molecule has 0 radical (unpaired) electrons. The molecule has 1 N–H and O–H groups in total. The van der Waals surface area contributed by atoms with E-state index in [4.69, 9.17) is 0 Å². The Morgan fingerprint density at radius 3 is 2.62 bits per heavy atom. The molecule has 1 saturated carbocycles. The van der Waals surface area contributed by atoms with Crippen molar-refractivity contribution < 1.29 is 0 Å². The summed E-state index contributed by atoms with van der Waals surface area (Å²) in [5, 5.41) is 0.844. The van der Waals surface area contributed by atoms with Crippen LogP contribution in [0.3, 0.4) is 0 Å². The molecular formula is C23H32N2O. The van der Waals surface area contributed by atoms with E-state index in [1.165, 1.54) is 19.3 Å². The maximum Gasteiger partial charge on any atom is 0.194 e. The van der Waals surface area contributed by atoms with Crippen LogP contribution in [-0.4, -0.2) is 22.5 Å². The number of fused-ring (bicyclic) bond motifs is 3. The number of aromatic nitrogens is 1. The lowest BCUT2D eigenvalue weighted by Crippen LogP contribution is -2.35. The van der Waals surface area contributed by atoms with Gasteiger partial charge in [0.1, 0.15) is 0 Å². The zero-order chi connectivity index (χ0) is 18.9. The molecule has 140 valence electrons. The van der Waals surface area contributed by atoms with Crippen LogP contribution in [0.15, 0.2) is 16.9 Å². The summed E-state index contributed by atoms with van der Waals surface area (Å²) in [5.41, 5.74) is 6.31. The van der Waals surface area contributed by atoms with Gasteiger partial charge in [-0.25, -0.2) is 0 Å². The van der Waals surface area contributed by atoms with Crippen molar-refractivity contribution in [2.24, 2.45) is 10.8 Å². The minimum Gasteiger partial charge on any atom is -0.358 e. The molecule has 0 spiro atoms. The molecule has 2 fully saturated rings. The van der Waals surface area contributed by atoms with Crippen LogP contribution < -0.4 is 5.43 Å². The molecule has 2 bridgehead atoms. The number of pyridine rings is 1. The van der Waals surface area contributed by atoms with Crippen molar-refractivity contribution in [2.75, 3.05) is 6.54 Å². The average Bonchev–Trinajstić information content (AvgIpc) is 2.73. The molecular weight excluding hydrogens is 320 g/mol. The van der Waals surface area contributed by atoms with Gasteiger partial charge in [0.05, 0.1) is 5.52 Å². The summed E-state index contributed by atoms with van der Waals surface area (Å²) in [5.74, 6) is 0. The van der Waals surface area contributed by atoms with Gasteiger partial charge in [-0.2, -0.15) is 0 Å². The van der Waals surface area contributed by atoms with Crippen molar-refractivity contribution in [3.8, 4) is 0 Å². The number of hydrogen-bond acceptors (Lipinski definition) is 2. The average molecular weight is 353 g/mol. The quantitative estimate of drug-likeness (QED) is 0.838. The standard InChI is InChI=1S/C23H32N2O/c1-14-7-15(2)20-18(8-14)21(26)19(16(3)24-20)11-25-13-23(6)10-17(25)9-22(4,5)12-23/h7-8,17H,9-13H2,1-6H3,(H,24,26).